The molecule has 1 aromatic carbocycles. The average Bonchev–Trinajstić information content (AvgIpc) is 2.34. The second-order valence-electron chi connectivity index (χ2n) is 2.20. The third kappa shape index (κ3) is 0.781. The van der Waals surface area contributed by atoms with Crippen molar-refractivity contribution in [2.45, 2.75) is 0 Å². The van der Waals surface area contributed by atoms with Gasteiger partial charge in [0, 0.05) is 0 Å². The van der Waals surface area contributed by atoms with E-state index in [1.807, 2.05) is 24.5 Å². The van der Waals surface area contributed by atoms with Crippen LogP contribution >= 0.6 is 0 Å². The van der Waals surface area contributed by atoms with E-state index in [1.54, 1.807) is 0 Å². The number of benzene rings is 1. The summed E-state index contributed by atoms with van der Waals surface area (Å²) in [5.41, 5.74) is 2.33. The topological polar surface area (TPSA) is 17.8 Å². The normalized spacial score (nSPS) is 10.6. The van der Waals surface area contributed by atoms with Crippen molar-refractivity contribution in [3.63, 3.8) is 0 Å². The predicted octanol–water partition coefficient (Wildman–Crippen LogP) is 1.35. The van der Waals surface area contributed by atoms with Gasteiger partial charge in [0.15, 0.2) is 0 Å². The molecule has 0 saturated carbocycles. The molecular weight excluding hydrogens is 177 g/mol. The fourth-order valence-corrected chi connectivity index (χ4v) is 1.74. The van der Waals surface area contributed by atoms with Gasteiger partial charge in [-0.25, -0.2) is 0 Å². The molecule has 0 fully saturated rings. The monoisotopic (exact) mass is 181 g/mol. The summed E-state index contributed by atoms with van der Waals surface area (Å²) in [7, 11) is 0. The minimum atomic E-state index is 1.09. The van der Waals surface area contributed by atoms with E-state index in [0.717, 1.165) is 24.1 Å². The van der Waals surface area contributed by atoms with Crippen LogP contribution in [0.1, 0.15) is 0 Å². The summed E-state index contributed by atoms with van der Waals surface area (Å²) in [4.78, 5) is 4.21. The summed E-state index contributed by atoms with van der Waals surface area (Å²) in [5, 5.41) is 0. The van der Waals surface area contributed by atoms with E-state index in [1.165, 1.54) is 5.52 Å². The van der Waals surface area contributed by atoms with Gasteiger partial charge in [-0.1, -0.05) is 0 Å². The summed E-state index contributed by atoms with van der Waals surface area (Å²) in [5.74, 6) is 0. The van der Waals surface area contributed by atoms with Crippen molar-refractivity contribution in [1.82, 2.24) is 8.29 Å². The van der Waals surface area contributed by atoms with Crippen molar-refractivity contribution in [3.05, 3.63) is 30.6 Å². The molecule has 3 heteroatoms. The van der Waals surface area contributed by atoms with Gasteiger partial charge in [-0.05, 0) is 0 Å². The Balaban J connectivity index is 2.93. The molecule has 2 aromatic rings. The van der Waals surface area contributed by atoms with Crippen molar-refractivity contribution >= 4 is 11.0 Å². The second-order valence-corrected chi connectivity index (χ2v) is 3.63. The van der Waals surface area contributed by atoms with E-state index < -0.39 is 0 Å². The van der Waals surface area contributed by atoms with E-state index in [2.05, 4.69) is 14.4 Å². The molecular formula is C7H5N2Zn. The molecule has 0 atom stereocenters. The van der Waals surface area contributed by atoms with Gasteiger partial charge in [0.05, 0.1) is 0 Å². The first-order valence-corrected chi connectivity index (χ1v) is 4.43. The zero-order chi connectivity index (χ0) is 6.97. The molecule has 0 bridgehead atoms. The molecule has 0 radical (unpaired) electrons. The Morgan fingerprint density at radius 2 is 2.10 bits per heavy atom. The van der Waals surface area contributed by atoms with Crippen LogP contribution in [0.25, 0.3) is 11.0 Å². The molecule has 0 amide bonds. The maximum atomic E-state index is 4.21. The molecule has 0 aliphatic carbocycles. The summed E-state index contributed by atoms with van der Waals surface area (Å²) < 4.78 is 2.13. The van der Waals surface area contributed by atoms with E-state index in [0.29, 0.717) is 0 Å². The van der Waals surface area contributed by atoms with Crippen molar-refractivity contribution in [3.8, 4) is 0 Å². The molecule has 0 aliphatic heterocycles. The number of nitrogens with zero attached hydrogens (tertiary/aromatic N) is 2. The third-order valence-electron chi connectivity index (χ3n) is 1.53. The van der Waals surface area contributed by atoms with E-state index in [4.69, 9.17) is 0 Å². The Bertz CT molecular complexity index is 353. The van der Waals surface area contributed by atoms with Crippen molar-refractivity contribution in [2.75, 3.05) is 0 Å². The molecule has 10 heavy (non-hydrogen) atoms. The maximum absolute atomic E-state index is 4.21. The Hall–Kier alpha value is -0.687. The molecule has 2 nitrogen and oxygen atoms in total. The van der Waals surface area contributed by atoms with Gasteiger partial charge >= 0.3 is 68.5 Å². The fourth-order valence-electron chi connectivity index (χ4n) is 1.01. The third-order valence-corrected chi connectivity index (χ3v) is 2.58. The summed E-state index contributed by atoms with van der Waals surface area (Å²) in [6.45, 7) is 0. The van der Waals surface area contributed by atoms with Crippen LogP contribution in [0, 0.1) is 0 Å². The van der Waals surface area contributed by atoms with Gasteiger partial charge < -0.3 is 0 Å². The van der Waals surface area contributed by atoms with Crippen LogP contribution in [-0.4, -0.2) is 8.29 Å². The molecule has 1 aromatic heterocycles. The number of aromatic nitrogens is 2. The molecule has 0 saturated heterocycles. The van der Waals surface area contributed by atoms with Crippen LogP contribution in [0.3, 0.4) is 0 Å². The van der Waals surface area contributed by atoms with Crippen molar-refractivity contribution < 1.29 is 18.5 Å². The van der Waals surface area contributed by atoms with Crippen LogP contribution in [0.15, 0.2) is 30.6 Å². The Morgan fingerprint density at radius 3 is 2.90 bits per heavy atom. The van der Waals surface area contributed by atoms with Gasteiger partial charge in [0.25, 0.3) is 0 Å². The van der Waals surface area contributed by atoms with Crippen LogP contribution in [0.4, 0.5) is 0 Å². The first kappa shape index (κ1) is 6.05. The van der Waals surface area contributed by atoms with Crippen LogP contribution < -0.4 is 0 Å². The Morgan fingerprint density at radius 1 is 1.30 bits per heavy atom. The Kier molecular flexibility index (Phi) is 1.31. The molecule has 1 heterocycles. The van der Waals surface area contributed by atoms with Crippen molar-refractivity contribution in [2.24, 2.45) is 0 Å². The van der Waals surface area contributed by atoms with Gasteiger partial charge in [0.1, 0.15) is 0 Å². The second kappa shape index (κ2) is 2.17. The average molecular weight is 183 g/mol. The quantitative estimate of drug-likeness (QED) is 0.563. The molecule has 0 unspecified atom stereocenters. The molecule has 45 valence electrons. The minimum absolute atomic E-state index is 1.09. The Labute approximate surface area is 68.8 Å². The molecule has 0 N–H and O–H groups in total. The number of hydrogen-bond donors (Lipinski definition) is 0. The zero-order valence-corrected chi connectivity index (χ0v) is 8.46. The van der Waals surface area contributed by atoms with Crippen molar-refractivity contribution in [1.29, 1.82) is 0 Å². The van der Waals surface area contributed by atoms with E-state index >= 15 is 0 Å². The SMILES string of the molecule is [Zn][n]1cnc2ccccc21. The van der Waals surface area contributed by atoms with Gasteiger partial charge in [-0.3, -0.25) is 0 Å². The predicted molar refractivity (Wildman–Crippen MR) is 35.1 cm³/mol. The summed E-state index contributed by atoms with van der Waals surface area (Å²) in [6.07, 6.45) is 1.88. The standard InChI is InChI=1S/C7H5N2.Zn/c1-2-4-7-6(3-1)8-5-9-7;/h1-5H;/q-1;+1. The van der Waals surface area contributed by atoms with Crippen LogP contribution in [-0.2, 0) is 18.5 Å². The summed E-state index contributed by atoms with van der Waals surface area (Å²) >= 11 is 1.11. The molecule has 2 rings (SSSR count). The van der Waals surface area contributed by atoms with Crippen LogP contribution in [0.2, 0.25) is 0 Å². The molecule has 0 spiro atoms. The first-order valence-electron chi connectivity index (χ1n) is 3.11. The van der Waals surface area contributed by atoms with E-state index in [9.17, 15) is 0 Å². The van der Waals surface area contributed by atoms with Crippen LogP contribution in [0.5, 0.6) is 0 Å². The first-order chi connectivity index (χ1) is 4.88. The van der Waals surface area contributed by atoms with Gasteiger partial charge in [0.2, 0.25) is 0 Å². The number of hydrogen-bond acceptors (Lipinski definition) is 1. The fraction of sp³-hybridized carbons (Fsp3) is 0. The van der Waals surface area contributed by atoms with E-state index in [-0.39, 0.29) is 0 Å². The van der Waals surface area contributed by atoms with Gasteiger partial charge in [-0.15, -0.1) is 0 Å². The van der Waals surface area contributed by atoms with Gasteiger partial charge in [-0.2, -0.15) is 0 Å². The number of imidazole rings is 1. The zero-order valence-electron chi connectivity index (χ0n) is 5.49. The number of para-hydroxylation sites is 2. The summed E-state index contributed by atoms with van der Waals surface area (Å²) in [6, 6.07) is 8.17. The number of fused-ring (bicyclic) bond motifs is 1. The number of rotatable bonds is 0. The molecule has 0 aliphatic rings.